The standard InChI is InChI=1S/C20H28N2O3/c1-4-6-14-7-5-8-17(13(2)3)18(14)22-20(25)21-16-11-9-15(10-12-16)19(23)24/h4-5,7-8,13,15-16H,1,6,9-12H2,2-3H3,(H,23,24)(H2,21,22,25). The molecule has 25 heavy (non-hydrogen) atoms. The monoisotopic (exact) mass is 344 g/mol. The predicted molar refractivity (Wildman–Crippen MR) is 100.0 cm³/mol. The number of carboxylic acid groups (broad SMARTS) is 1. The summed E-state index contributed by atoms with van der Waals surface area (Å²) < 4.78 is 0. The zero-order valence-corrected chi connectivity index (χ0v) is 15.0. The average molecular weight is 344 g/mol. The van der Waals surface area contributed by atoms with Gasteiger partial charge in [-0.15, -0.1) is 6.58 Å². The Balaban J connectivity index is 2.03. The van der Waals surface area contributed by atoms with E-state index < -0.39 is 5.97 Å². The lowest BCUT2D eigenvalue weighted by atomic mass is 9.86. The van der Waals surface area contributed by atoms with Gasteiger partial charge in [0.25, 0.3) is 0 Å². The Morgan fingerprint density at radius 2 is 1.96 bits per heavy atom. The highest BCUT2D eigenvalue weighted by molar-refractivity contribution is 5.91. The zero-order valence-electron chi connectivity index (χ0n) is 15.0. The molecule has 5 nitrogen and oxygen atoms in total. The number of hydrogen-bond acceptors (Lipinski definition) is 2. The van der Waals surface area contributed by atoms with Crippen LogP contribution in [0.1, 0.15) is 56.6 Å². The van der Waals surface area contributed by atoms with E-state index in [0.29, 0.717) is 38.0 Å². The van der Waals surface area contributed by atoms with Crippen LogP contribution in [0, 0.1) is 5.92 Å². The van der Waals surface area contributed by atoms with Gasteiger partial charge >= 0.3 is 12.0 Å². The molecular weight excluding hydrogens is 316 g/mol. The summed E-state index contributed by atoms with van der Waals surface area (Å²) in [7, 11) is 0. The van der Waals surface area contributed by atoms with E-state index in [1.54, 1.807) is 0 Å². The molecule has 0 saturated heterocycles. The first-order valence-corrected chi connectivity index (χ1v) is 8.95. The predicted octanol–water partition coefficient (Wildman–Crippen LogP) is 4.30. The Morgan fingerprint density at radius 1 is 1.28 bits per heavy atom. The van der Waals surface area contributed by atoms with Crippen LogP contribution in [0.25, 0.3) is 0 Å². The van der Waals surface area contributed by atoms with Crippen molar-refractivity contribution in [2.24, 2.45) is 5.92 Å². The molecule has 0 bridgehead atoms. The number of urea groups is 1. The summed E-state index contributed by atoms with van der Waals surface area (Å²) >= 11 is 0. The molecule has 0 unspecified atom stereocenters. The van der Waals surface area contributed by atoms with Gasteiger partial charge in [0.2, 0.25) is 0 Å². The maximum Gasteiger partial charge on any atom is 0.319 e. The van der Waals surface area contributed by atoms with E-state index in [4.69, 9.17) is 5.11 Å². The van der Waals surface area contributed by atoms with Gasteiger partial charge in [-0.2, -0.15) is 0 Å². The SMILES string of the molecule is C=CCc1cccc(C(C)C)c1NC(=O)NC1CCC(C(=O)O)CC1. The number of amides is 2. The summed E-state index contributed by atoms with van der Waals surface area (Å²) in [6.45, 7) is 7.99. The van der Waals surface area contributed by atoms with Crippen molar-refractivity contribution in [2.75, 3.05) is 5.32 Å². The van der Waals surface area contributed by atoms with Crippen molar-refractivity contribution in [3.8, 4) is 0 Å². The van der Waals surface area contributed by atoms with E-state index in [1.165, 1.54) is 0 Å². The van der Waals surface area contributed by atoms with Crippen LogP contribution < -0.4 is 10.6 Å². The van der Waals surface area contributed by atoms with E-state index in [1.807, 2.05) is 24.3 Å². The van der Waals surface area contributed by atoms with Gasteiger partial charge < -0.3 is 15.7 Å². The Kier molecular flexibility index (Phi) is 6.62. The normalized spacial score (nSPS) is 20.1. The summed E-state index contributed by atoms with van der Waals surface area (Å²) in [4.78, 5) is 23.5. The molecule has 3 N–H and O–H groups in total. The van der Waals surface area contributed by atoms with E-state index in [9.17, 15) is 9.59 Å². The number of carbonyl (C=O) groups is 2. The number of rotatable bonds is 6. The van der Waals surface area contributed by atoms with Crippen LogP contribution in [0.3, 0.4) is 0 Å². The Hall–Kier alpha value is -2.30. The van der Waals surface area contributed by atoms with Gasteiger partial charge in [-0.25, -0.2) is 4.79 Å². The number of carboxylic acids is 1. The first-order chi connectivity index (χ1) is 11.9. The van der Waals surface area contributed by atoms with Gasteiger partial charge in [0.05, 0.1) is 5.92 Å². The van der Waals surface area contributed by atoms with Crippen LogP contribution in [0.2, 0.25) is 0 Å². The highest BCUT2D eigenvalue weighted by Gasteiger charge is 2.27. The highest BCUT2D eigenvalue weighted by atomic mass is 16.4. The second-order valence-electron chi connectivity index (χ2n) is 7.01. The number of aliphatic carboxylic acids is 1. The first kappa shape index (κ1) is 19.0. The lowest BCUT2D eigenvalue weighted by Gasteiger charge is -2.27. The van der Waals surface area contributed by atoms with Crippen LogP contribution in [0.4, 0.5) is 10.5 Å². The molecule has 0 spiro atoms. The fraction of sp³-hybridized carbons (Fsp3) is 0.500. The Morgan fingerprint density at radius 3 is 2.52 bits per heavy atom. The maximum atomic E-state index is 12.5. The van der Waals surface area contributed by atoms with Crippen LogP contribution in [-0.4, -0.2) is 23.1 Å². The fourth-order valence-corrected chi connectivity index (χ4v) is 3.40. The van der Waals surface area contributed by atoms with Crippen molar-refractivity contribution >= 4 is 17.7 Å². The summed E-state index contributed by atoms with van der Waals surface area (Å²) in [5.74, 6) is -0.712. The molecule has 0 atom stereocenters. The van der Waals surface area contributed by atoms with Crippen molar-refractivity contribution in [2.45, 2.75) is 57.9 Å². The van der Waals surface area contributed by atoms with E-state index in [0.717, 1.165) is 16.8 Å². The van der Waals surface area contributed by atoms with E-state index in [2.05, 4.69) is 31.1 Å². The molecule has 5 heteroatoms. The van der Waals surface area contributed by atoms with E-state index in [-0.39, 0.29) is 18.0 Å². The largest absolute Gasteiger partial charge is 0.481 e. The zero-order chi connectivity index (χ0) is 18.4. The molecule has 0 radical (unpaired) electrons. The third-order valence-corrected chi connectivity index (χ3v) is 4.82. The summed E-state index contributed by atoms with van der Waals surface area (Å²) in [5, 5.41) is 15.1. The summed E-state index contributed by atoms with van der Waals surface area (Å²) in [6, 6.07) is 5.85. The minimum atomic E-state index is -0.733. The highest BCUT2D eigenvalue weighted by Crippen LogP contribution is 2.29. The van der Waals surface area contributed by atoms with Gasteiger partial charge in [-0.1, -0.05) is 38.1 Å². The molecule has 0 heterocycles. The molecule has 1 aliphatic carbocycles. The fourth-order valence-electron chi connectivity index (χ4n) is 3.40. The number of benzene rings is 1. The molecule has 0 aliphatic heterocycles. The third-order valence-electron chi connectivity index (χ3n) is 4.82. The van der Waals surface area contributed by atoms with Gasteiger partial charge in [0.1, 0.15) is 0 Å². The van der Waals surface area contributed by atoms with Crippen LogP contribution in [0.5, 0.6) is 0 Å². The van der Waals surface area contributed by atoms with Gasteiger partial charge in [-0.3, -0.25) is 4.79 Å². The molecule has 1 aromatic carbocycles. The molecule has 2 rings (SSSR count). The van der Waals surface area contributed by atoms with Gasteiger partial charge in [0, 0.05) is 11.7 Å². The first-order valence-electron chi connectivity index (χ1n) is 8.95. The Bertz CT molecular complexity index is 632. The smallest absolute Gasteiger partial charge is 0.319 e. The number of para-hydroxylation sites is 1. The van der Waals surface area contributed by atoms with Crippen LogP contribution in [0.15, 0.2) is 30.9 Å². The summed E-state index contributed by atoms with van der Waals surface area (Å²) in [6.07, 6.45) is 5.16. The number of anilines is 1. The number of allylic oxidation sites excluding steroid dienone is 1. The number of hydrogen-bond donors (Lipinski definition) is 3. The number of nitrogens with one attached hydrogen (secondary N) is 2. The van der Waals surface area contributed by atoms with Gasteiger partial charge in [-0.05, 0) is 49.1 Å². The molecule has 1 saturated carbocycles. The lowest BCUT2D eigenvalue weighted by molar-refractivity contribution is -0.142. The van der Waals surface area contributed by atoms with E-state index >= 15 is 0 Å². The van der Waals surface area contributed by atoms with Crippen molar-refractivity contribution in [1.82, 2.24) is 5.32 Å². The van der Waals surface area contributed by atoms with Crippen LogP contribution in [-0.2, 0) is 11.2 Å². The molecule has 136 valence electrons. The van der Waals surface area contributed by atoms with Gasteiger partial charge in [0.15, 0.2) is 0 Å². The second kappa shape index (κ2) is 8.70. The lowest BCUT2D eigenvalue weighted by Crippen LogP contribution is -2.41. The number of carbonyl (C=O) groups excluding carboxylic acids is 1. The molecule has 1 fully saturated rings. The topological polar surface area (TPSA) is 78.4 Å². The molecular formula is C20H28N2O3. The third kappa shape index (κ3) is 5.08. The molecule has 0 aromatic heterocycles. The average Bonchev–Trinajstić information content (AvgIpc) is 2.56. The molecule has 2 amide bonds. The van der Waals surface area contributed by atoms with Crippen molar-refractivity contribution in [3.05, 3.63) is 42.0 Å². The van der Waals surface area contributed by atoms with Crippen molar-refractivity contribution in [3.63, 3.8) is 0 Å². The molecule has 1 aromatic rings. The second-order valence-corrected chi connectivity index (χ2v) is 7.01. The summed E-state index contributed by atoms with van der Waals surface area (Å²) in [5.41, 5.74) is 3.00. The minimum Gasteiger partial charge on any atom is -0.481 e. The van der Waals surface area contributed by atoms with Crippen LogP contribution >= 0.6 is 0 Å². The quantitative estimate of drug-likeness (QED) is 0.673. The van der Waals surface area contributed by atoms with Crippen molar-refractivity contribution in [1.29, 1.82) is 0 Å². The maximum absolute atomic E-state index is 12.5. The van der Waals surface area contributed by atoms with Crippen molar-refractivity contribution < 1.29 is 14.7 Å². The molecule has 1 aliphatic rings. The minimum absolute atomic E-state index is 0.0321. The Labute approximate surface area is 149 Å².